The van der Waals surface area contributed by atoms with Gasteiger partial charge >= 0.3 is 0 Å². The van der Waals surface area contributed by atoms with Crippen molar-refractivity contribution in [1.82, 2.24) is 9.47 Å². The number of piperidine rings is 1. The Kier molecular flexibility index (Phi) is 4.73. The second-order valence-electron chi connectivity index (χ2n) is 8.28. The third kappa shape index (κ3) is 3.21. The first kappa shape index (κ1) is 19.1. The van der Waals surface area contributed by atoms with E-state index in [1.807, 2.05) is 29.2 Å². The summed E-state index contributed by atoms with van der Waals surface area (Å²) in [7, 11) is -1.96. The highest BCUT2D eigenvalue weighted by atomic mass is 32.2. The van der Waals surface area contributed by atoms with Crippen LogP contribution in [-0.4, -0.2) is 43.4 Å². The fourth-order valence-electron chi connectivity index (χ4n) is 4.56. The molecule has 0 unspecified atom stereocenters. The Morgan fingerprint density at radius 1 is 1.11 bits per heavy atom. The Hall–Kier alpha value is -2.28. The van der Waals surface area contributed by atoms with Crippen molar-refractivity contribution < 1.29 is 13.2 Å². The van der Waals surface area contributed by atoms with Gasteiger partial charge < -0.3 is 9.47 Å². The third-order valence-electron chi connectivity index (χ3n) is 5.79. The summed E-state index contributed by atoms with van der Waals surface area (Å²) >= 11 is 0. The molecule has 2 atom stereocenters. The van der Waals surface area contributed by atoms with Crippen LogP contribution in [0.15, 0.2) is 41.4 Å². The van der Waals surface area contributed by atoms with E-state index in [9.17, 15) is 13.2 Å². The molecule has 4 rings (SSSR count). The van der Waals surface area contributed by atoms with Crippen LogP contribution in [0, 0.1) is 11.8 Å². The van der Waals surface area contributed by atoms with Gasteiger partial charge in [-0.2, -0.15) is 0 Å². The van der Waals surface area contributed by atoms with Crippen LogP contribution in [0.5, 0.6) is 0 Å². The van der Waals surface area contributed by atoms with Crippen LogP contribution in [-0.2, 0) is 23.5 Å². The predicted molar refractivity (Wildman–Crippen MR) is 109 cm³/mol. The van der Waals surface area contributed by atoms with Gasteiger partial charge in [0.25, 0.3) is 15.9 Å². The van der Waals surface area contributed by atoms with Gasteiger partial charge in [-0.25, -0.2) is 8.42 Å². The lowest BCUT2D eigenvalue weighted by atomic mass is 9.92. The second-order valence-corrected chi connectivity index (χ2v) is 10.1. The van der Waals surface area contributed by atoms with Crippen molar-refractivity contribution in [3.63, 3.8) is 0 Å². The summed E-state index contributed by atoms with van der Waals surface area (Å²) in [5, 5.41) is 0. The normalized spacial score (nSPS) is 22.4. The van der Waals surface area contributed by atoms with Crippen LogP contribution in [0.25, 0.3) is 0 Å². The lowest BCUT2D eigenvalue weighted by Crippen LogP contribution is -2.43. The Morgan fingerprint density at radius 2 is 1.79 bits per heavy atom. The second kappa shape index (κ2) is 6.95. The summed E-state index contributed by atoms with van der Waals surface area (Å²) < 4.78 is 29.6. The van der Waals surface area contributed by atoms with Crippen molar-refractivity contribution in [2.24, 2.45) is 18.9 Å². The average Bonchev–Trinajstić information content (AvgIpc) is 3.24. The van der Waals surface area contributed by atoms with Crippen molar-refractivity contribution in [1.29, 1.82) is 0 Å². The topological polar surface area (TPSA) is 62.6 Å². The zero-order valence-electron chi connectivity index (χ0n) is 16.6. The molecule has 2 aromatic rings. The summed E-state index contributed by atoms with van der Waals surface area (Å²) in [6, 6.07) is 9.11. The number of hydrogen-bond donors (Lipinski definition) is 0. The molecule has 1 fully saturated rings. The van der Waals surface area contributed by atoms with E-state index in [0.717, 1.165) is 30.8 Å². The van der Waals surface area contributed by atoms with Crippen molar-refractivity contribution in [2.45, 2.75) is 31.6 Å². The lowest BCUT2D eigenvalue weighted by Gasteiger charge is -2.35. The molecule has 2 aliphatic rings. The highest BCUT2D eigenvalue weighted by molar-refractivity contribution is 7.92. The monoisotopic (exact) mass is 401 g/mol. The predicted octanol–water partition coefficient (Wildman–Crippen LogP) is 2.89. The Balaban J connectivity index is 1.63. The molecule has 3 heterocycles. The molecule has 1 amide bonds. The Bertz CT molecular complexity index is 1000. The van der Waals surface area contributed by atoms with Gasteiger partial charge in [0.2, 0.25) is 0 Å². The number of anilines is 1. The maximum absolute atomic E-state index is 13.3. The van der Waals surface area contributed by atoms with E-state index >= 15 is 0 Å². The van der Waals surface area contributed by atoms with Crippen molar-refractivity contribution in [2.75, 3.05) is 23.9 Å². The minimum Gasteiger partial charge on any atom is -0.345 e. The average molecular weight is 402 g/mol. The smallest absolute Gasteiger partial charge is 0.270 e. The molecule has 0 saturated carbocycles. The zero-order chi connectivity index (χ0) is 20.1. The van der Waals surface area contributed by atoms with Crippen molar-refractivity contribution >= 4 is 21.6 Å². The summed E-state index contributed by atoms with van der Waals surface area (Å²) in [5.74, 6) is 0.818. The Morgan fingerprint density at radius 3 is 2.50 bits per heavy atom. The summed E-state index contributed by atoms with van der Waals surface area (Å²) in [5.41, 5.74) is 2.19. The van der Waals surface area contributed by atoms with Gasteiger partial charge in [0, 0.05) is 32.9 Å². The minimum absolute atomic E-state index is 0.0934. The molecule has 1 aromatic heterocycles. The lowest BCUT2D eigenvalue weighted by molar-refractivity contribution is 0.0613. The van der Waals surface area contributed by atoms with E-state index in [1.165, 1.54) is 10.4 Å². The number of hydrogen-bond acceptors (Lipinski definition) is 3. The van der Waals surface area contributed by atoms with E-state index < -0.39 is 10.0 Å². The summed E-state index contributed by atoms with van der Waals surface area (Å²) in [6.07, 6.45) is 3.38. The van der Waals surface area contributed by atoms with Crippen LogP contribution < -0.4 is 4.31 Å². The van der Waals surface area contributed by atoms with Crippen LogP contribution in [0.3, 0.4) is 0 Å². The van der Waals surface area contributed by atoms with Gasteiger partial charge in [-0.15, -0.1) is 0 Å². The van der Waals surface area contributed by atoms with Crippen LogP contribution in [0.1, 0.15) is 36.3 Å². The molecule has 6 nitrogen and oxygen atoms in total. The summed E-state index contributed by atoms with van der Waals surface area (Å²) in [4.78, 5) is 15.1. The van der Waals surface area contributed by atoms with Gasteiger partial charge in [-0.3, -0.25) is 9.10 Å². The highest BCUT2D eigenvalue weighted by Crippen LogP contribution is 2.33. The molecule has 7 heteroatoms. The molecule has 0 aliphatic carbocycles. The molecule has 150 valence electrons. The number of sulfonamides is 1. The number of fused-ring (bicyclic) bond motifs is 1. The highest BCUT2D eigenvalue weighted by Gasteiger charge is 2.33. The van der Waals surface area contributed by atoms with Crippen LogP contribution in [0.4, 0.5) is 5.69 Å². The first-order valence-corrected chi connectivity index (χ1v) is 11.3. The number of aryl methyl sites for hydroxylation is 1. The van der Waals surface area contributed by atoms with E-state index in [4.69, 9.17) is 0 Å². The number of rotatable bonds is 3. The molecule has 0 radical (unpaired) electrons. The number of aromatic nitrogens is 1. The number of amides is 1. The van der Waals surface area contributed by atoms with Gasteiger partial charge in [0.1, 0.15) is 10.6 Å². The third-order valence-corrected chi connectivity index (χ3v) is 7.57. The first-order valence-electron chi connectivity index (χ1n) is 9.83. The standard InChI is InChI=1S/C21H27N3O3S/c1-15-10-16(2)13-23(12-15)21(25)20-11-18(14-22(20)3)28(26,27)24-9-8-17-6-4-5-7-19(17)24/h4-7,11,14-16H,8-10,12-13H2,1-3H3/t15-,16-/m1/s1. The molecule has 2 aliphatic heterocycles. The van der Waals surface area contributed by atoms with E-state index in [1.54, 1.807) is 17.8 Å². The largest absolute Gasteiger partial charge is 0.345 e. The molecular formula is C21H27N3O3S. The quantitative estimate of drug-likeness (QED) is 0.794. The number of nitrogens with zero attached hydrogens (tertiary/aromatic N) is 3. The molecule has 0 bridgehead atoms. The van der Waals surface area contributed by atoms with E-state index in [-0.39, 0.29) is 10.8 Å². The molecule has 1 saturated heterocycles. The zero-order valence-corrected chi connectivity index (χ0v) is 17.4. The van der Waals surface area contributed by atoms with Gasteiger partial charge in [-0.1, -0.05) is 32.0 Å². The molecule has 1 aromatic carbocycles. The van der Waals surface area contributed by atoms with E-state index in [0.29, 0.717) is 30.5 Å². The van der Waals surface area contributed by atoms with Crippen molar-refractivity contribution in [3.8, 4) is 0 Å². The molecule has 28 heavy (non-hydrogen) atoms. The number of carbonyl (C=O) groups is 1. The van der Waals surface area contributed by atoms with Gasteiger partial charge in [0.15, 0.2) is 0 Å². The maximum Gasteiger partial charge on any atom is 0.270 e. The summed E-state index contributed by atoms with van der Waals surface area (Å²) in [6.45, 7) is 6.18. The fourth-order valence-corrected chi connectivity index (χ4v) is 6.14. The fraction of sp³-hybridized carbons (Fsp3) is 0.476. The van der Waals surface area contributed by atoms with Gasteiger partial charge in [-0.05, 0) is 42.4 Å². The van der Waals surface area contributed by atoms with Crippen LogP contribution >= 0.6 is 0 Å². The number of carbonyl (C=O) groups excluding carboxylic acids is 1. The van der Waals surface area contributed by atoms with E-state index in [2.05, 4.69) is 13.8 Å². The van der Waals surface area contributed by atoms with Crippen molar-refractivity contribution in [3.05, 3.63) is 47.8 Å². The Labute approximate surface area is 166 Å². The number of likely N-dealkylation sites (tertiary alicyclic amines) is 1. The number of para-hydroxylation sites is 1. The number of benzene rings is 1. The van der Waals surface area contributed by atoms with Crippen LogP contribution in [0.2, 0.25) is 0 Å². The minimum atomic E-state index is -3.70. The molecular weight excluding hydrogens is 374 g/mol. The molecule has 0 spiro atoms. The molecule has 0 N–H and O–H groups in total. The maximum atomic E-state index is 13.3. The SMILES string of the molecule is C[C@@H]1C[C@@H](C)CN(C(=O)c2cc(S(=O)(=O)N3CCc4ccccc43)cn2C)C1. The van der Waals surface area contributed by atoms with Gasteiger partial charge in [0.05, 0.1) is 5.69 Å². The first-order chi connectivity index (χ1) is 13.3.